The third-order valence-corrected chi connectivity index (χ3v) is 5.22. The van der Waals surface area contributed by atoms with Gasteiger partial charge in [-0.2, -0.15) is 0 Å². The van der Waals surface area contributed by atoms with Gasteiger partial charge in [0.25, 0.3) is 0 Å². The first-order chi connectivity index (χ1) is 13.3. The molecule has 3 N–H and O–H groups in total. The Balaban J connectivity index is 0.00000225. The Kier molecular flexibility index (Phi) is 7.30. The van der Waals surface area contributed by atoms with Crippen molar-refractivity contribution in [2.45, 2.75) is 38.6 Å². The molecule has 2 aromatic heterocycles. The normalized spacial score (nSPS) is 16.3. The molecular formula is C22H28IN5. The molecule has 0 radical (unpaired) electrons. The van der Waals surface area contributed by atoms with Crippen LogP contribution in [0, 0.1) is 0 Å². The van der Waals surface area contributed by atoms with E-state index in [1.165, 1.54) is 22.1 Å². The zero-order valence-corrected chi connectivity index (χ0v) is 18.6. The highest BCUT2D eigenvalue weighted by molar-refractivity contribution is 14.0. The number of aromatic nitrogens is 2. The number of hydrogen-bond acceptors (Lipinski definition) is 2. The van der Waals surface area contributed by atoms with Gasteiger partial charge in [-0.15, -0.1) is 24.0 Å². The van der Waals surface area contributed by atoms with Crippen molar-refractivity contribution in [1.29, 1.82) is 0 Å². The molecule has 5 nitrogen and oxygen atoms in total. The van der Waals surface area contributed by atoms with Crippen LogP contribution >= 0.6 is 24.0 Å². The quantitative estimate of drug-likeness (QED) is 0.290. The second-order valence-electron chi connectivity index (χ2n) is 7.08. The zero-order chi connectivity index (χ0) is 18.5. The Labute approximate surface area is 183 Å². The molecule has 1 atom stereocenters. The maximum absolute atomic E-state index is 4.81. The minimum absolute atomic E-state index is 0. The topological polar surface area (TPSA) is 65.1 Å². The van der Waals surface area contributed by atoms with Crippen LogP contribution in [-0.4, -0.2) is 35.1 Å². The highest BCUT2D eigenvalue weighted by Gasteiger charge is 2.18. The molecule has 0 fully saturated rings. The molecule has 0 spiro atoms. The number of hydrogen-bond donors (Lipinski definition) is 3. The van der Waals surface area contributed by atoms with Crippen LogP contribution in [0.15, 0.2) is 53.8 Å². The zero-order valence-electron chi connectivity index (χ0n) is 16.2. The van der Waals surface area contributed by atoms with Crippen LogP contribution in [0.1, 0.15) is 30.0 Å². The van der Waals surface area contributed by atoms with Crippen LogP contribution in [0.25, 0.3) is 11.0 Å². The van der Waals surface area contributed by atoms with Crippen LogP contribution < -0.4 is 10.6 Å². The standard InChI is InChI=1S/C22H27N5.HI/c1-2-23-22(27-19-10-9-16-6-3-4-7-17(16)14-19)25-13-11-18-15-26-21-20(18)8-5-12-24-21;/h3-8,12,15,19H,2,9-11,13-14H2,1H3,(H,24,26)(H2,23,25,27);1H. The second kappa shape index (κ2) is 9.91. The third kappa shape index (κ3) is 4.84. The van der Waals surface area contributed by atoms with Gasteiger partial charge >= 0.3 is 0 Å². The minimum Gasteiger partial charge on any atom is -0.357 e. The lowest BCUT2D eigenvalue weighted by atomic mass is 9.88. The maximum Gasteiger partial charge on any atom is 0.191 e. The maximum atomic E-state index is 4.81. The molecule has 3 aromatic rings. The number of rotatable bonds is 5. The first-order valence-electron chi connectivity index (χ1n) is 9.86. The number of benzene rings is 1. The molecule has 148 valence electrons. The van der Waals surface area contributed by atoms with Crippen molar-refractivity contribution in [2.24, 2.45) is 4.99 Å². The Morgan fingerprint density at radius 1 is 1.21 bits per heavy atom. The van der Waals surface area contributed by atoms with Crippen molar-refractivity contribution < 1.29 is 0 Å². The molecular weight excluding hydrogens is 461 g/mol. The molecule has 0 saturated carbocycles. The van der Waals surface area contributed by atoms with E-state index >= 15 is 0 Å². The molecule has 1 unspecified atom stereocenters. The number of guanidine groups is 1. The SMILES string of the molecule is CCNC(=NCCc1c[nH]c2ncccc12)NC1CCc2ccccc2C1.I. The van der Waals surface area contributed by atoms with Crippen LogP contribution in [0.2, 0.25) is 0 Å². The average molecular weight is 489 g/mol. The summed E-state index contributed by atoms with van der Waals surface area (Å²) < 4.78 is 0. The molecule has 2 heterocycles. The lowest BCUT2D eigenvalue weighted by Gasteiger charge is -2.27. The Bertz CT molecular complexity index is 933. The number of aliphatic imine (C=N–C) groups is 1. The number of aryl methyl sites for hydroxylation is 1. The van der Waals surface area contributed by atoms with Crippen molar-refractivity contribution in [3.63, 3.8) is 0 Å². The summed E-state index contributed by atoms with van der Waals surface area (Å²) in [5, 5.41) is 8.21. The first kappa shape index (κ1) is 20.6. The lowest BCUT2D eigenvalue weighted by Crippen LogP contribution is -2.45. The molecule has 0 bridgehead atoms. The molecule has 6 heteroatoms. The summed E-state index contributed by atoms with van der Waals surface area (Å²) in [6.07, 6.45) is 8.11. The monoisotopic (exact) mass is 489 g/mol. The van der Waals surface area contributed by atoms with Gasteiger partial charge in [0.15, 0.2) is 5.96 Å². The minimum atomic E-state index is 0. The fraction of sp³-hybridized carbons (Fsp3) is 0.364. The van der Waals surface area contributed by atoms with Gasteiger partial charge in [-0.05, 0) is 61.4 Å². The van der Waals surface area contributed by atoms with Gasteiger partial charge < -0.3 is 15.6 Å². The Morgan fingerprint density at radius 3 is 2.93 bits per heavy atom. The van der Waals surface area contributed by atoms with Crippen LogP contribution in [0.3, 0.4) is 0 Å². The van der Waals surface area contributed by atoms with Gasteiger partial charge in [-0.1, -0.05) is 24.3 Å². The molecule has 0 saturated heterocycles. The van der Waals surface area contributed by atoms with Crippen LogP contribution in [0.5, 0.6) is 0 Å². The number of fused-ring (bicyclic) bond motifs is 2. The molecule has 4 rings (SSSR count). The molecule has 1 aliphatic rings. The van der Waals surface area contributed by atoms with E-state index in [4.69, 9.17) is 4.99 Å². The number of nitrogens with one attached hydrogen (secondary N) is 3. The van der Waals surface area contributed by atoms with E-state index in [1.54, 1.807) is 0 Å². The van der Waals surface area contributed by atoms with Gasteiger partial charge in [-0.25, -0.2) is 4.98 Å². The number of aromatic amines is 1. The van der Waals surface area contributed by atoms with E-state index in [1.807, 2.05) is 18.5 Å². The fourth-order valence-electron chi connectivity index (χ4n) is 3.84. The van der Waals surface area contributed by atoms with Gasteiger partial charge in [0, 0.05) is 36.9 Å². The predicted octanol–water partition coefficient (Wildman–Crippen LogP) is 3.84. The van der Waals surface area contributed by atoms with Gasteiger partial charge in [0.1, 0.15) is 5.65 Å². The van der Waals surface area contributed by atoms with E-state index in [2.05, 4.69) is 57.9 Å². The molecule has 0 amide bonds. The summed E-state index contributed by atoms with van der Waals surface area (Å²) in [5.41, 5.74) is 5.17. The second-order valence-corrected chi connectivity index (χ2v) is 7.08. The number of halogens is 1. The Hall–Kier alpha value is -2.09. The Morgan fingerprint density at radius 2 is 2.07 bits per heavy atom. The summed E-state index contributed by atoms with van der Waals surface area (Å²) >= 11 is 0. The van der Waals surface area contributed by atoms with Gasteiger partial charge in [-0.3, -0.25) is 4.99 Å². The van der Waals surface area contributed by atoms with Gasteiger partial charge in [0.05, 0.1) is 0 Å². The predicted molar refractivity (Wildman–Crippen MR) is 127 cm³/mol. The number of pyridine rings is 1. The highest BCUT2D eigenvalue weighted by atomic mass is 127. The van der Waals surface area contributed by atoms with E-state index < -0.39 is 0 Å². The molecule has 0 aliphatic heterocycles. The highest BCUT2D eigenvalue weighted by Crippen LogP contribution is 2.21. The third-order valence-electron chi connectivity index (χ3n) is 5.22. The van der Waals surface area contributed by atoms with E-state index in [0.717, 1.165) is 50.4 Å². The summed E-state index contributed by atoms with van der Waals surface area (Å²) in [7, 11) is 0. The van der Waals surface area contributed by atoms with E-state index in [9.17, 15) is 0 Å². The average Bonchev–Trinajstić information content (AvgIpc) is 3.11. The summed E-state index contributed by atoms with van der Waals surface area (Å²) in [5.74, 6) is 0.917. The molecule has 1 aromatic carbocycles. The number of nitrogens with zero attached hydrogens (tertiary/aromatic N) is 2. The summed E-state index contributed by atoms with van der Waals surface area (Å²) in [4.78, 5) is 12.4. The number of H-pyrrole nitrogens is 1. The van der Waals surface area contributed by atoms with Gasteiger partial charge in [0.2, 0.25) is 0 Å². The molecule has 1 aliphatic carbocycles. The van der Waals surface area contributed by atoms with Crippen molar-refractivity contribution in [3.8, 4) is 0 Å². The van der Waals surface area contributed by atoms with Crippen molar-refractivity contribution in [1.82, 2.24) is 20.6 Å². The summed E-state index contributed by atoms with van der Waals surface area (Å²) in [6.45, 7) is 3.73. The lowest BCUT2D eigenvalue weighted by molar-refractivity contribution is 0.521. The van der Waals surface area contributed by atoms with Crippen molar-refractivity contribution in [3.05, 3.63) is 65.5 Å². The van der Waals surface area contributed by atoms with Crippen LogP contribution in [0.4, 0.5) is 0 Å². The largest absolute Gasteiger partial charge is 0.357 e. The van der Waals surface area contributed by atoms with Crippen molar-refractivity contribution in [2.75, 3.05) is 13.1 Å². The summed E-state index contributed by atoms with van der Waals surface area (Å²) in [6, 6.07) is 13.3. The fourth-order valence-corrected chi connectivity index (χ4v) is 3.84. The first-order valence-corrected chi connectivity index (χ1v) is 9.86. The molecule has 28 heavy (non-hydrogen) atoms. The smallest absolute Gasteiger partial charge is 0.191 e. The van der Waals surface area contributed by atoms with E-state index in [-0.39, 0.29) is 24.0 Å². The van der Waals surface area contributed by atoms with E-state index in [0.29, 0.717) is 6.04 Å². The van der Waals surface area contributed by atoms with Crippen LogP contribution in [-0.2, 0) is 19.3 Å². The van der Waals surface area contributed by atoms with Crippen molar-refractivity contribution >= 4 is 41.0 Å².